The van der Waals surface area contributed by atoms with Crippen molar-refractivity contribution in [2.24, 2.45) is 0 Å². The lowest BCUT2D eigenvalue weighted by atomic mass is 10.1. The van der Waals surface area contributed by atoms with Crippen molar-refractivity contribution in [1.82, 2.24) is 5.32 Å². The minimum Gasteiger partial charge on any atom is -0.395 e. The number of carbonyl (C=O) groups is 1. The van der Waals surface area contributed by atoms with Crippen molar-refractivity contribution in [3.05, 3.63) is 0 Å². The Balaban J connectivity index is 3.63. The highest BCUT2D eigenvalue weighted by Crippen LogP contribution is 1.94. The van der Waals surface area contributed by atoms with Gasteiger partial charge in [0.2, 0.25) is 0 Å². The second-order valence-electron chi connectivity index (χ2n) is 2.05. The van der Waals surface area contributed by atoms with E-state index in [1.807, 2.05) is 0 Å². The standard InChI is InChI=1S/C6H13NO3/c1-7-5(4-9)6(10)2-3-8/h3,5-7,9-10H,2,4H2,1H3/t5-,6-/m0/s1. The van der Waals surface area contributed by atoms with Crippen LogP contribution in [0.25, 0.3) is 0 Å². The summed E-state index contributed by atoms with van der Waals surface area (Å²) in [5, 5.41) is 20.3. The molecule has 0 aliphatic rings. The second-order valence-corrected chi connectivity index (χ2v) is 2.05. The van der Waals surface area contributed by atoms with Gasteiger partial charge < -0.3 is 20.3 Å². The lowest BCUT2D eigenvalue weighted by molar-refractivity contribution is -0.110. The molecule has 0 radical (unpaired) electrons. The van der Waals surface area contributed by atoms with E-state index < -0.39 is 12.1 Å². The van der Waals surface area contributed by atoms with Crippen LogP contribution in [-0.2, 0) is 4.79 Å². The maximum Gasteiger partial charge on any atom is 0.122 e. The van der Waals surface area contributed by atoms with Crippen LogP contribution in [0.4, 0.5) is 0 Å². The fraction of sp³-hybridized carbons (Fsp3) is 0.833. The molecule has 0 aromatic carbocycles. The molecule has 0 saturated heterocycles. The number of aliphatic hydroxyl groups excluding tert-OH is 2. The second kappa shape index (κ2) is 5.34. The summed E-state index contributed by atoms with van der Waals surface area (Å²) in [4.78, 5) is 9.88. The van der Waals surface area contributed by atoms with E-state index in [2.05, 4.69) is 5.32 Å². The smallest absolute Gasteiger partial charge is 0.122 e. The van der Waals surface area contributed by atoms with Crippen LogP contribution < -0.4 is 5.32 Å². The van der Waals surface area contributed by atoms with Gasteiger partial charge in [-0.1, -0.05) is 0 Å². The summed E-state index contributed by atoms with van der Waals surface area (Å²) in [6.07, 6.45) is -0.0935. The highest BCUT2D eigenvalue weighted by Gasteiger charge is 2.14. The Labute approximate surface area is 59.9 Å². The Morgan fingerprint density at radius 2 is 2.30 bits per heavy atom. The van der Waals surface area contributed by atoms with Crippen molar-refractivity contribution >= 4 is 6.29 Å². The maximum atomic E-state index is 9.88. The van der Waals surface area contributed by atoms with Gasteiger partial charge in [-0.2, -0.15) is 0 Å². The molecular formula is C6H13NO3. The van der Waals surface area contributed by atoms with Gasteiger partial charge in [0.1, 0.15) is 6.29 Å². The van der Waals surface area contributed by atoms with Crippen molar-refractivity contribution in [3.8, 4) is 0 Å². The monoisotopic (exact) mass is 147 g/mol. The van der Waals surface area contributed by atoms with Crippen molar-refractivity contribution in [2.75, 3.05) is 13.7 Å². The molecule has 0 spiro atoms. The largest absolute Gasteiger partial charge is 0.395 e. The number of hydrogen-bond acceptors (Lipinski definition) is 4. The van der Waals surface area contributed by atoms with Crippen LogP contribution in [0.5, 0.6) is 0 Å². The topological polar surface area (TPSA) is 69.6 Å². The first-order chi connectivity index (χ1) is 4.76. The minimum atomic E-state index is -0.785. The molecule has 0 heterocycles. The fourth-order valence-corrected chi connectivity index (χ4v) is 0.668. The highest BCUT2D eigenvalue weighted by atomic mass is 16.3. The molecule has 0 unspecified atom stereocenters. The normalized spacial score (nSPS) is 16.3. The van der Waals surface area contributed by atoms with Crippen LogP contribution in [0.15, 0.2) is 0 Å². The number of aldehydes is 1. The first-order valence-electron chi connectivity index (χ1n) is 3.16. The van der Waals surface area contributed by atoms with Crippen molar-refractivity contribution in [1.29, 1.82) is 0 Å². The Morgan fingerprint density at radius 3 is 2.60 bits per heavy atom. The third-order valence-corrected chi connectivity index (χ3v) is 1.37. The van der Waals surface area contributed by atoms with Crippen LogP contribution in [0.2, 0.25) is 0 Å². The predicted octanol–water partition coefficient (Wildman–Crippen LogP) is -1.48. The third-order valence-electron chi connectivity index (χ3n) is 1.37. The quantitative estimate of drug-likeness (QED) is 0.415. The van der Waals surface area contributed by atoms with Gasteiger partial charge in [0.05, 0.1) is 18.8 Å². The lowest BCUT2D eigenvalue weighted by Gasteiger charge is -2.17. The lowest BCUT2D eigenvalue weighted by Crippen LogP contribution is -2.40. The van der Waals surface area contributed by atoms with E-state index in [1.54, 1.807) is 7.05 Å². The van der Waals surface area contributed by atoms with E-state index >= 15 is 0 Å². The summed E-state index contributed by atoms with van der Waals surface area (Å²) in [5.41, 5.74) is 0. The van der Waals surface area contributed by atoms with Crippen LogP contribution in [0.3, 0.4) is 0 Å². The van der Waals surface area contributed by atoms with E-state index in [-0.39, 0.29) is 13.0 Å². The van der Waals surface area contributed by atoms with Gasteiger partial charge in [-0.3, -0.25) is 0 Å². The number of rotatable bonds is 5. The van der Waals surface area contributed by atoms with E-state index in [0.717, 1.165) is 0 Å². The highest BCUT2D eigenvalue weighted by molar-refractivity contribution is 5.50. The first-order valence-corrected chi connectivity index (χ1v) is 3.16. The van der Waals surface area contributed by atoms with Crippen LogP contribution in [0.1, 0.15) is 6.42 Å². The minimum absolute atomic E-state index is 0.0616. The van der Waals surface area contributed by atoms with Gasteiger partial charge in [-0.25, -0.2) is 0 Å². The predicted molar refractivity (Wildman–Crippen MR) is 36.6 cm³/mol. The summed E-state index contributed by atoms with van der Waals surface area (Å²) in [6.45, 7) is -0.161. The average molecular weight is 147 g/mol. The number of hydrogen-bond donors (Lipinski definition) is 3. The molecule has 0 aromatic heterocycles. The zero-order valence-corrected chi connectivity index (χ0v) is 5.95. The fourth-order valence-electron chi connectivity index (χ4n) is 0.668. The molecule has 0 bridgehead atoms. The van der Waals surface area contributed by atoms with Gasteiger partial charge in [0, 0.05) is 6.42 Å². The van der Waals surface area contributed by atoms with Crippen LogP contribution in [-0.4, -0.2) is 42.3 Å². The summed E-state index contributed by atoms with van der Waals surface area (Å²) in [6, 6.07) is -0.398. The molecule has 0 aromatic rings. The molecule has 4 heteroatoms. The zero-order valence-electron chi connectivity index (χ0n) is 5.95. The molecule has 3 N–H and O–H groups in total. The van der Waals surface area contributed by atoms with E-state index in [1.165, 1.54) is 0 Å². The number of likely N-dealkylation sites (N-methyl/N-ethyl adjacent to an activating group) is 1. The number of aliphatic hydroxyl groups is 2. The van der Waals surface area contributed by atoms with Crippen LogP contribution in [0, 0.1) is 0 Å². The molecular weight excluding hydrogens is 134 g/mol. The van der Waals surface area contributed by atoms with Crippen LogP contribution >= 0.6 is 0 Å². The summed E-state index contributed by atoms with van der Waals surface area (Å²) >= 11 is 0. The molecule has 0 aliphatic heterocycles. The molecule has 10 heavy (non-hydrogen) atoms. The molecule has 0 saturated carbocycles. The average Bonchev–Trinajstić information content (AvgIpc) is 1.91. The first kappa shape index (κ1) is 9.55. The van der Waals surface area contributed by atoms with Crippen molar-refractivity contribution in [3.63, 3.8) is 0 Å². The summed E-state index contributed by atoms with van der Waals surface area (Å²) < 4.78 is 0. The maximum absolute atomic E-state index is 9.88. The molecule has 0 amide bonds. The van der Waals surface area contributed by atoms with Gasteiger partial charge in [-0.15, -0.1) is 0 Å². The molecule has 0 fully saturated rings. The van der Waals surface area contributed by atoms with E-state index in [0.29, 0.717) is 6.29 Å². The summed E-state index contributed by atoms with van der Waals surface area (Å²) in [7, 11) is 1.62. The Kier molecular flexibility index (Phi) is 5.10. The van der Waals surface area contributed by atoms with Gasteiger partial charge in [-0.05, 0) is 7.05 Å². The van der Waals surface area contributed by atoms with Gasteiger partial charge in [0.25, 0.3) is 0 Å². The Hall–Kier alpha value is -0.450. The van der Waals surface area contributed by atoms with E-state index in [4.69, 9.17) is 10.2 Å². The third kappa shape index (κ3) is 2.91. The zero-order chi connectivity index (χ0) is 7.98. The van der Waals surface area contributed by atoms with Crippen molar-refractivity contribution in [2.45, 2.75) is 18.6 Å². The van der Waals surface area contributed by atoms with Crippen molar-refractivity contribution < 1.29 is 15.0 Å². The molecule has 0 rings (SSSR count). The van der Waals surface area contributed by atoms with E-state index in [9.17, 15) is 4.79 Å². The Morgan fingerprint density at radius 1 is 1.70 bits per heavy atom. The number of carbonyl (C=O) groups excluding carboxylic acids is 1. The van der Waals surface area contributed by atoms with Gasteiger partial charge in [0.15, 0.2) is 0 Å². The molecule has 60 valence electrons. The molecule has 2 atom stereocenters. The molecule has 0 aliphatic carbocycles. The summed E-state index contributed by atoms with van der Waals surface area (Å²) in [5.74, 6) is 0. The molecule has 4 nitrogen and oxygen atoms in total. The Bertz CT molecular complexity index is 93.0. The van der Waals surface area contributed by atoms with Gasteiger partial charge >= 0.3 is 0 Å². The SMILES string of the molecule is CN[C@@H](CO)[C@@H](O)CC=O. The number of nitrogens with one attached hydrogen (secondary N) is 1.